The number of thiocarbonyl (C=S) groups is 1. The minimum atomic E-state index is -0.420. The number of carbonyl (C=O) groups excluding carboxylic acids is 1. The summed E-state index contributed by atoms with van der Waals surface area (Å²) >= 11 is 17.5. The molecule has 0 aliphatic heterocycles. The van der Waals surface area contributed by atoms with Crippen LogP contribution in [0.15, 0.2) is 83.3 Å². The third-order valence-corrected chi connectivity index (χ3v) is 6.15. The molecule has 0 bridgehead atoms. The first kappa shape index (κ1) is 25.5. The summed E-state index contributed by atoms with van der Waals surface area (Å²) in [6.45, 7) is 0. The lowest BCUT2D eigenvalue weighted by Crippen LogP contribution is -2.32. The molecule has 5 rings (SSSR count). The quantitative estimate of drug-likeness (QED) is 0.179. The first-order chi connectivity index (χ1) is 18.4. The number of benzene rings is 3. The highest BCUT2D eigenvalue weighted by Gasteiger charge is 2.10. The summed E-state index contributed by atoms with van der Waals surface area (Å²) in [5.74, 6) is 1.37. The number of nitrogens with zero attached hydrogens (tertiary/aromatic N) is 3. The molecule has 1 amide bonds. The molecule has 0 unspecified atom stereocenters. The molecule has 190 valence electrons. The highest BCUT2D eigenvalue weighted by atomic mass is 35.5. The smallest absolute Gasteiger partial charge is 0.250 e. The summed E-state index contributed by atoms with van der Waals surface area (Å²) in [6, 6.07) is 21.4. The summed E-state index contributed by atoms with van der Waals surface area (Å²) in [7, 11) is 1.61. The predicted molar refractivity (Wildman–Crippen MR) is 153 cm³/mol. The second-order valence-electron chi connectivity index (χ2n) is 7.99. The number of rotatable bonds is 6. The minimum Gasteiger partial charge on any atom is -0.497 e. The Bertz CT molecular complexity index is 1680. The number of ether oxygens (including phenoxy) is 1. The molecule has 0 aliphatic rings. The topological polar surface area (TPSA) is 94.2 Å². The second-order valence-corrected chi connectivity index (χ2v) is 9.25. The second kappa shape index (κ2) is 11.1. The molecule has 0 saturated carbocycles. The van der Waals surface area contributed by atoms with Gasteiger partial charge in [0, 0.05) is 22.3 Å². The zero-order chi connectivity index (χ0) is 26.6. The molecule has 0 atom stereocenters. The fourth-order valence-electron chi connectivity index (χ4n) is 3.57. The minimum absolute atomic E-state index is 0.134. The van der Waals surface area contributed by atoms with E-state index in [4.69, 9.17) is 44.6 Å². The Kier molecular flexibility index (Phi) is 7.41. The zero-order valence-corrected chi connectivity index (χ0v) is 22.1. The van der Waals surface area contributed by atoms with Gasteiger partial charge in [0.05, 0.1) is 17.8 Å². The van der Waals surface area contributed by atoms with Gasteiger partial charge in [0.15, 0.2) is 5.11 Å². The molecule has 0 saturated heterocycles. The van der Waals surface area contributed by atoms with Gasteiger partial charge in [0.1, 0.15) is 28.3 Å². The van der Waals surface area contributed by atoms with Crippen molar-refractivity contribution in [2.75, 3.05) is 12.4 Å². The normalized spacial score (nSPS) is 11.1. The van der Waals surface area contributed by atoms with Gasteiger partial charge in [0.2, 0.25) is 5.91 Å². The number of nitrogens with one attached hydrogen (secondary N) is 2. The van der Waals surface area contributed by atoms with Crippen molar-refractivity contribution < 1.29 is 13.9 Å². The Balaban J connectivity index is 1.20. The van der Waals surface area contributed by atoms with Crippen molar-refractivity contribution in [3.63, 3.8) is 0 Å². The molecule has 2 heterocycles. The number of carbonyl (C=O) groups is 1. The summed E-state index contributed by atoms with van der Waals surface area (Å²) in [5, 5.41) is 15.7. The lowest BCUT2D eigenvalue weighted by molar-refractivity contribution is -0.115. The van der Waals surface area contributed by atoms with Crippen LogP contribution in [0, 0.1) is 0 Å². The van der Waals surface area contributed by atoms with Gasteiger partial charge in [0.25, 0.3) is 0 Å². The standard InChI is InChI=1S/C27H19Cl2N5O3S/c1-36-19-6-4-18(5-7-19)34-32-23-11-3-17(15-24(23)33-34)30-27(38)31-26(35)13-9-20-8-12-25(37-20)21-10-2-16(28)14-22(21)29/h2-15H,1H3,(H2,30,31,35,38)/b13-9+. The molecule has 8 nitrogen and oxygen atoms in total. The Morgan fingerprint density at radius 2 is 1.79 bits per heavy atom. The van der Waals surface area contributed by atoms with Gasteiger partial charge < -0.3 is 14.5 Å². The van der Waals surface area contributed by atoms with E-state index in [-0.39, 0.29) is 5.11 Å². The van der Waals surface area contributed by atoms with Gasteiger partial charge in [-0.1, -0.05) is 23.2 Å². The number of fused-ring (bicyclic) bond motifs is 1. The van der Waals surface area contributed by atoms with Gasteiger partial charge in [-0.15, -0.1) is 10.2 Å². The Labute approximate surface area is 232 Å². The number of methoxy groups -OCH3 is 1. The predicted octanol–water partition coefficient (Wildman–Crippen LogP) is 6.52. The third kappa shape index (κ3) is 5.86. The van der Waals surface area contributed by atoms with Gasteiger partial charge in [-0.05, 0) is 91.1 Å². The van der Waals surface area contributed by atoms with E-state index >= 15 is 0 Å². The van der Waals surface area contributed by atoms with E-state index in [1.54, 1.807) is 54.4 Å². The summed E-state index contributed by atoms with van der Waals surface area (Å²) < 4.78 is 11.0. The fourth-order valence-corrected chi connectivity index (χ4v) is 4.29. The molecule has 3 aromatic carbocycles. The van der Waals surface area contributed by atoms with E-state index in [0.717, 1.165) is 11.4 Å². The largest absolute Gasteiger partial charge is 0.497 e. The summed E-state index contributed by atoms with van der Waals surface area (Å²) in [5.41, 5.74) is 3.53. The number of anilines is 1. The van der Waals surface area contributed by atoms with Crippen LogP contribution in [-0.2, 0) is 4.79 Å². The maximum absolute atomic E-state index is 12.4. The van der Waals surface area contributed by atoms with Crippen LogP contribution in [0.3, 0.4) is 0 Å². The fraction of sp³-hybridized carbons (Fsp3) is 0.0370. The van der Waals surface area contributed by atoms with Crippen molar-refractivity contribution >= 4 is 69.2 Å². The van der Waals surface area contributed by atoms with Crippen LogP contribution in [0.5, 0.6) is 5.75 Å². The van der Waals surface area contributed by atoms with Crippen molar-refractivity contribution in [2.45, 2.75) is 0 Å². The summed E-state index contributed by atoms with van der Waals surface area (Å²) in [4.78, 5) is 13.9. The first-order valence-corrected chi connectivity index (χ1v) is 12.4. The number of aromatic nitrogens is 3. The van der Waals surface area contributed by atoms with Crippen LogP contribution >= 0.6 is 35.4 Å². The van der Waals surface area contributed by atoms with E-state index in [9.17, 15) is 4.79 Å². The molecule has 38 heavy (non-hydrogen) atoms. The maximum Gasteiger partial charge on any atom is 0.250 e. The number of furan rings is 1. The van der Waals surface area contributed by atoms with Gasteiger partial charge >= 0.3 is 0 Å². The van der Waals surface area contributed by atoms with Crippen molar-refractivity contribution in [1.29, 1.82) is 0 Å². The molecule has 2 N–H and O–H groups in total. The van der Waals surface area contributed by atoms with Crippen molar-refractivity contribution in [3.05, 3.63) is 94.7 Å². The van der Waals surface area contributed by atoms with Crippen LogP contribution in [0.25, 0.3) is 34.1 Å². The molecule has 5 aromatic rings. The Morgan fingerprint density at radius 3 is 2.55 bits per heavy atom. The average molecular weight is 564 g/mol. The van der Waals surface area contributed by atoms with E-state index in [1.807, 2.05) is 30.3 Å². The van der Waals surface area contributed by atoms with E-state index in [0.29, 0.717) is 43.9 Å². The van der Waals surface area contributed by atoms with Gasteiger partial charge in [-0.2, -0.15) is 4.80 Å². The van der Waals surface area contributed by atoms with Gasteiger partial charge in [-0.3, -0.25) is 10.1 Å². The number of hydrogen-bond acceptors (Lipinski definition) is 6. The molecule has 0 aliphatic carbocycles. The highest BCUT2D eigenvalue weighted by Crippen LogP contribution is 2.31. The first-order valence-electron chi connectivity index (χ1n) is 11.2. The van der Waals surface area contributed by atoms with Crippen LogP contribution < -0.4 is 15.4 Å². The molecule has 0 spiro atoms. The monoisotopic (exact) mass is 563 g/mol. The number of amides is 1. The van der Waals surface area contributed by atoms with Crippen molar-refractivity contribution in [3.8, 4) is 22.8 Å². The van der Waals surface area contributed by atoms with Crippen molar-refractivity contribution in [1.82, 2.24) is 20.3 Å². The highest BCUT2D eigenvalue weighted by molar-refractivity contribution is 7.80. The molecule has 0 radical (unpaired) electrons. The molecular formula is C27H19Cl2N5O3S. The maximum atomic E-state index is 12.4. The molecule has 11 heteroatoms. The Morgan fingerprint density at radius 1 is 1.00 bits per heavy atom. The third-order valence-electron chi connectivity index (χ3n) is 5.40. The van der Waals surface area contributed by atoms with Crippen LogP contribution in [0.4, 0.5) is 5.69 Å². The molecule has 0 fully saturated rings. The lowest BCUT2D eigenvalue weighted by atomic mass is 10.2. The SMILES string of the molecule is COc1ccc(-n2nc3ccc(NC(=S)NC(=O)/C=C/c4ccc(-c5ccc(Cl)cc5Cl)o4)cc3n2)cc1. The van der Waals surface area contributed by atoms with E-state index in [1.165, 1.54) is 12.2 Å². The average Bonchev–Trinajstić information content (AvgIpc) is 3.54. The number of halogens is 2. The van der Waals surface area contributed by atoms with E-state index < -0.39 is 5.91 Å². The van der Waals surface area contributed by atoms with Crippen LogP contribution in [0.1, 0.15) is 5.76 Å². The van der Waals surface area contributed by atoms with E-state index in [2.05, 4.69) is 20.8 Å². The van der Waals surface area contributed by atoms with Crippen LogP contribution in [0.2, 0.25) is 10.0 Å². The van der Waals surface area contributed by atoms with Crippen LogP contribution in [-0.4, -0.2) is 33.1 Å². The molecular weight excluding hydrogens is 545 g/mol. The molecule has 2 aromatic heterocycles. The summed E-state index contributed by atoms with van der Waals surface area (Å²) in [6.07, 6.45) is 2.86. The Hall–Kier alpha value is -4.18. The van der Waals surface area contributed by atoms with Crippen molar-refractivity contribution in [2.24, 2.45) is 0 Å². The zero-order valence-electron chi connectivity index (χ0n) is 19.8. The number of hydrogen-bond donors (Lipinski definition) is 2. The lowest BCUT2D eigenvalue weighted by Gasteiger charge is -2.07. The van der Waals surface area contributed by atoms with Gasteiger partial charge in [-0.25, -0.2) is 0 Å².